The lowest BCUT2D eigenvalue weighted by Crippen LogP contribution is -2.32. The molecule has 0 radical (unpaired) electrons. The molecule has 0 aliphatic heterocycles. The number of hydrogen-bond donors (Lipinski definition) is 2. The maximum absolute atomic E-state index is 11.3. The van der Waals surface area contributed by atoms with E-state index in [9.17, 15) is 9.90 Å². The zero-order valence-electron chi connectivity index (χ0n) is 11.7. The highest BCUT2D eigenvalue weighted by Crippen LogP contribution is 2.30. The van der Waals surface area contributed by atoms with Gasteiger partial charge >= 0.3 is 5.97 Å². The second-order valence-corrected chi connectivity index (χ2v) is 5.49. The summed E-state index contributed by atoms with van der Waals surface area (Å²) in [6.07, 6.45) is 3.79. The molecule has 0 amide bonds. The highest BCUT2D eigenvalue weighted by atomic mass is 16.4. The van der Waals surface area contributed by atoms with Gasteiger partial charge in [-0.1, -0.05) is 25.0 Å². The first-order valence-electron chi connectivity index (χ1n) is 7.30. The fourth-order valence-corrected chi connectivity index (χ4v) is 2.96. The Bertz CT molecular complexity index is 646. The van der Waals surface area contributed by atoms with Gasteiger partial charge in [-0.25, -0.2) is 4.98 Å². The Morgan fingerprint density at radius 1 is 1.19 bits per heavy atom. The number of para-hydroxylation sites is 1. The van der Waals surface area contributed by atoms with Crippen molar-refractivity contribution in [3.8, 4) is 0 Å². The number of carboxylic acids is 1. The summed E-state index contributed by atoms with van der Waals surface area (Å²) in [4.78, 5) is 15.7. The number of hydrogen-bond acceptors (Lipinski definition) is 5. The van der Waals surface area contributed by atoms with Gasteiger partial charge in [-0.2, -0.15) is 0 Å². The number of fused-ring (bicyclic) bond motifs is 1. The zero-order valence-corrected chi connectivity index (χ0v) is 11.7. The molecule has 2 aromatic rings. The number of rotatable bonds is 4. The Labute approximate surface area is 122 Å². The van der Waals surface area contributed by atoms with Crippen LogP contribution < -0.4 is 5.32 Å². The number of anilines is 1. The fraction of sp³-hybridized carbons (Fsp3) is 0.467. The van der Waals surface area contributed by atoms with Crippen molar-refractivity contribution in [2.24, 2.45) is 11.8 Å². The van der Waals surface area contributed by atoms with E-state index < -0.39 is 5.97 Å². The average molecular weight is 286 g/mol. The van der Waals surface area contributed by atoms with E-state index >= 15 is 0 Å². The molecule has 21 heavy (non-hydrogen) atoms. The van der Waals surface area contributed by atoms with Crippen molar-refractivity contribution < 1.29 is 9.90 Å². The highest BCUT2D eigenvalue weighted by molar-refractivity contribution is 5.74. The number of nitrogens with zero attached hydrogens (tertiary/aromatic N) is 3. The van der Waals surface area contributed by atoms with Crippen LogP contribution in [0.5, 0.6) is 0 Å². The Kier molecular flexibility index (Phi) is 3.94. The van der Waals surface area contributed by atoms with Crippen molar-refractivity contribution in [1.29, 1.82) is 0 Å². The number of aliphatic carboxylic acids is 1. The van der Waals surface area contributed by atoms with Crippen molar-refractivity contribution in [1.82, 2.24) is 15.2 Å². The lowest BCUT2D eigenvalue weighted by molar-refractivity contribution is -0.144. The largest absolute Gasteiger partial charge is 0.481 e. The minimum Gasteiger partial charge on any atom is -0.481 e. The zero-order chi connectivity index (χ0) is 14.7. The molecular formula is C15H18N4O2. The lowest BCUT2D eigenvalue weighted by atomic mass is 9.79. The Hall–Kier alpha value is -2.24. The molecule has 0 bridgehead atoms. The molecule has 2 N–H and O–H groups in total. The molecule has 1 fully saturated rings. The standard InChI is InChI=1S/C15H18N4O2/c20-14(21)11-6-2-1-5-10(11)9-16-15-17-12-7-3-4-8-13(12)18-19-15/h3-4,7-8,10-11H,1-2,5-6,9H2,(H,20,21)(H,16,17,19). The van der Waals surface area contributed by atoms with Crippen LogP contribution in [0.4, 0.5) is 5.95 Å². The highest BCUT2D eigenvalue weighted by Gasteiger charge is 2.30. The molecule has 0 saturated heterocycles. The molecule has 1 heterocycles. The molecule has 110 valence electrons. The fourth-order valence-electron chi connectivity index (χ4n) is 2.96. The summed E-state index contributed by atoms with van der Waals surface area (Å²) in [6.45, 7) is 0.580. The van der Waals surface area contributed by atoms with Gasteiger partial charge < -0.3 is 10.4 Å². The van der Waals surface area contributed by atoms with Gasteiger partial charge in [0.1, 0.15) is 5.52 Å². The molecule has 1 aromatic heterocycles. The van der Waals surface area contributed by atoms with Crippen molar-refractivity contribution >= 4 is 23.0 Å². The van der Waals surface area contributed by atoms with Crippen LogP contribution in [0.15, 0.2) is 24.3 Å². The maximum atomic E-state index is 11.3. The van der Waals surface area contributed by atoms with Crippen LogP contribution in [-0.2, 0) is 4.79 Å². The van der Waals surface area contributed by atoms with Gasteiger partial charge in [-0.15, -0.1) is 10.2 Å². The number of carbonyl (C=O) groups is 1. The quantitative estimate of drug-likeness (QED) is 0.896. The van der Waals surface area contributed by atoms with Crippen molar-refractivity contribution in [3.05, 3.63) is 24.3 Å². The van der Waals surface area contributed by atoms with Gasteiger partial charge in [-0.05, 0) is 30.9 Å². The summed E-state index contributed by atoms with van der Waals surface area (Å²) in [5.41, 5.74) is 1.54. The van der Waals surface area contributed by atoms with E-state index in [0.717, 1.165) is 36.7 Å². The van der Waals surface area contributed by atoms with Crippen LogP contribution in [0, 0.1) is 11.8 Å². The first kappa shape index (κ1) is 13.7. The van der Waals surface area contributed by atoms with Gasteiger partial charge in [0.2, 0.25) is 5.95 Å². The number of nitrogens with one attached hydrogen (secondary N) is 1. The molecule has 1 saturated carbocycles. The summed E-state index contributed by atoms with van der Waals surface area (Å²) in [7, 11) is 0. The van der Waals surface area contributed by atoms with E-state index in [2.05, 4.69) is 20.5 Å². The molecule has 1 aromatic carbocycles. The third kappa shape index (κ3) is 3.09. The molecule has 2 atom stereocenters. The van der Waals surface area contributed by atoms with Gasteiger partial charge in [-0.3, -0.25) is 4.79 Å². The van der Waals surface area contributed by atoms with E-state index in [1.54, 1.807) is 0 Å². The second kappa shape index (κ2) is 6.03. The maximum Gasteiger partial charge on any atom is 0.306 e. The molecule has 0 spiro atoms. The van der Waals surface area contributed by atoms with Gasteiger partial charge in [0, 0.05) is 6.54 Å². The van der Waals surface area contributed by atoms with Crippen LogP contribution >= 0.6 is 0 Å². The molecule has 3 rings (SSSR count). The third-order valence-electron chi connectivity index (χ3n) is 4.11. The van der Waals surface area contributed by atoms with Crippen LogP contribution in [-0.4, -0.2) is 32.8 Å². The topological polar surface area (TPSA) is 88.0 Å². The van der Waals surface area contributed by atoms with Crippen LogP contribution in [0.2, 0.25) is 0 Å². The lowest BCUT2D eigenvalue weighted by Gasteiger charge is -2.28. The van der Waals surface area contributed by atoms with Crippen LogP contribution in [0.3, 0.4) is 0 Å². The van der Waals surface area contributed by atoms with Crippen molar-refractivity contribution in [2.75, 3.05) is 11.9 Å². The predicted octanol–water partition coefficient (Wildman–Crippen LogP) is 2.33. The smallest absolute Gasteiger partial charge is 0.306 e. The summed E-state index contributed by atoms with van der Waals surface area (Å²) < 4.78 is 0. The first-order valence-corrected chi connectivity index (χ1v) is 7.30. The SMILES string of the molecule is O=C(O)C1CCCCC1CNc1nnc2ccccc2n1. The molecule has 6 heteroatoms. The number of benzene rings is 1. The van der Waals surface area contributed by atoms with Crippen LogP contribution in [0.25, 0.3) is 11.0 Å². The minimum absolute atomic E-state index is 0.131. The molecule has 1 aliphatic carbocycles. The predicted molar refractivity (Wildman–Crippen MR) is 78.9 cm³/mol. The summed E-state index contributed by atoms with van der Waals surface area (Å²) >= 11 is 0. The Balaban J connectivity index is 1.69. The molecule has 6 nitrogen and oxygen atoms in total. The van der Waals surface area contributed by atoms with E-state index in [0.29, 0.717) is 12.5 Å². The second-order valence-electron chi connectivity index (χ2n) is 5.49. The average Bonchev–Trinajstić information content (AvgIpc) is 2.53. The van der Waals surface area contributed by atoms with Crippen molar-refractivity contribution in [3.63, 3.8) is 0 Å². The third-order valence-corrected chi connectivity index (χ3v) is 4.11. The Morgan fingerprint density at radius 3 is 2.76 bits per heavy atom. The first-order chi connectivity index (χ1) is 10.2. The van der Waals surface area contributed by atoms with E-state index in [1.165, 1.54) is 0 Å². The van der Waals surface area contributed by atoms with Crippen LogP contribution in [0.1, 0.15) is 25.7 Å². The minimum atomic E-state index is -0.695. The summed E-state index contributed by atoms with van der Waals surface area (Å²) in [6, 6.07) is 7.55. The van der Waals surface area contributed by atoms with Gasteiger partial charge in [0.25, 0.3) is 0 Å². The van der Waals surface area contributed by atoms with E-state index in [-0.39, 0.29) is 11.8 Å². The number of carboxylic acid groups (broad SMARTS) is 1. The molecule has 2 unspecified atom stereocenters. The van der Waals surface area contributed by atoms with E-state index in [4.69, 9.17) is 0 Å². The van der Waals surface area contributed by atoms with E-state index in [1.807, 2.05) is 24.3 Å². The van der Waals surface area contributed by atoms with Gasteiger partial charge in [0.15, 0.2) is 0 Å². The molecule has 1 aliphatic rings. The molecular weight excluding hydrogens is 268 g/mol. The van der Waals surface area contributed by atoms with Gasteiger partial charge in [0.05, 0.1) is 11.4 Å². The Morgan fingerprint density at radius 2 is 1.95 bits per heavy atom. The monoisotopic (exact) mass is 286 g/mol. The van der Waals surface area contributed by atoms with Crippen molar-refractivity contribution in [2.45, 2.75) is 25.7 Å². The summed E-state index contributed by atoms with van der Waals surface area (Å²) in [5.74, 6) is -0.367. The normalized spacial score (nSPS) is 22.1. The number of aromatic nitrogens is 3. The summed E-state index contributed by atoms with van der Waals surface area (Å²) in [5, 5.41) is 20.6.